The summed E-state index contributed by atoms with van der Waals surface area (Å²) in [6.07, 6.45) is 5.04. The van der Waals surface area contributed by atoms with Gasteiger partial charge in [0.05, 0.1) is 12.7 Å². The van der Waals surface area contributed by atoms with Crippen LogP contribution in [0.3, 0.4) is 0 Å². The number of nitrogens with zero attached hydrogens (tertiary/aromatic N) is 2. The van der Waals surface area contributed by atoms with Crippen molar-refractivity contribution in [3.63, 3.8) is 0 Å². The van der Waals surface area contributed by atoms with Gasteiger partial charge in [-0.3, -0.25) is 4.79 Å². The van der Waals surface area contributed by atoms with Crippen LogP contribution in [0.25, 0.3) is 17.0 Å². The van der Waals surface area contributed by atoms with Crippen molar-refractivity contribution >= 4 is 22.8 Å². The molecule has 1 N–H and O–H groups in total. The number of aliphatic hydroxyl groups excluding tert-OH is 1. The van der Waals surface area contributed by atoms with Crippen LogP contribution in [-0.2, 0) is 6.54 Å². The predicted molar refractivity (Wildman–Crippen MR) is 145 cm³/mol. The second-order valence-corrected chi connectivity index (χ2v) is 10.1. The van der Waals surface area contributed by atoms with E-state index in [1.165, 1.54) is 0 Å². The quantitative estimate of drug-likeness (QED) is 0.246. The summed E-state index contributed by atoms with van der Waals surface area (Å²) < 4.78 is 7.56. The van der Waals surface area contributed by atoms with Gasteiger partial charge in [-0.2, -0.15) is 0 Å². The van der Waals surface area contributed by atoms with E-state index in [0.29, 0.717) is 37.1 Å². The van der Waals surface area contributed by atoms with Crippen molar-refractivity contribution in [2.75, 3.05) is 26.2 Å². The highest BCUT2D eigenvalue weighted by Crippen LogP contribution is 2.23. The number of para-hydroxylation sites is 1. The first-order chi connectivity index (χ1) is 16.8. The molecule has 2 aromatic carbocycles. The average molecular weight is 477 g/mol. The van der Waals surface area contributed by atoms with E-state index in [1.807, 2.05) is 43.5 Å². The van der Waals surface area contributed by atoms with Gasteiger partial charge in [-0.25, -0.2) is 0 Å². The fourth-order valence-electron chi connectivity index (χ4n) is 4.54. The lowest BCUT2D eigenvalue weighted by Crippen LogP contribution is -2.39. The first-order valence-electron chi connectivity index (χ1n) is 12.7. The minimum atomic E-state index is -0.481. The van der Waals surface area contributed by atoms with E-state index in [9.17, 15) is 9.90 Å². The molecule has 188 valence electrons. The zero-order valence-electron chi connectivity index (χ0n) is 21.8. The van der Waals surface area contributed by atoms with Gasteiger partial charge in [0.15, 0.2) is 5.78 Å². The number of ether oxygens (including phenoxy) is 1. The predicted octanol–water partition coefficient (Wildman–Crippen LogP) is 5.91. The van der Waals surface area contributed by atoms with Crippen LogP contribution in [0.2, 0.25) is 0 Å². The van der Waals surface area contributed by atoms with Gasteiger partial charge in [0, 0.05) is 54.4 Å². The van der Waals surface area contributed by atoms with Crippen molar-refractivity contribution in [3.05, 3.63) is 71.9 Å². The highest BCUT2D eigenvalue weighted by molar-refractivity contribution is 6.07. The fraction of sp³-hybridized carbons (Fsp3) is 0.433. The van der Waals surface area contributed by atoms with Crippen molar-refractivity contribution in [1.82, 2.24) is 9.47 Å². The third-order valence-corrected chi connectivity index (χ3v) is 5.81. The van der Waals surface area contributed by atoms with Gasteiger partial charge in [-0.05, 0) is 61.2 Å². The number of fused-ring (bicyclic) bond motifs is 1. The van der Waals surface area contributed by atoms with Crippen molar-refractivity contribution < 1.29 is 14.6 Å². The maximum Gasteiger partial charge on any atom is 0.185 e. The zero-order valence-corrected chi connectivity index (χ0v) is 21.8. The zero-order chi connectivity index (χ0) is 25.4. The SMILES string of the molecule is CCOc1ccc(C(=O)/C=C/c2cn(C[C@H](O)CN(CC(C)C)CC(C)C)c3ccccc23)cc1. The summed E-state index contributed by atoms with van der Waals surface area (Å²) in [6, 6.07) is 15.3. The normalized spacial score (nSPS) is 12.9. The number of hydrogen-bond donors (Lipinski definition) is 1. The smallest absolute Gasteiger partial charge is 0.185 e. The number of ketones is 1. The standard InChI is InChI=1S/C30H40N2O3/c1-6-35-27-14-11-24(12-15-27)30(34)16-13-25-19-32(29-10-8-7-9-28(25)29)21-26(33)20-31(17-22(2)3)18-23(4)5/h7-16,19,22-23,26,33H,6,17-18,20-21H2,1-5H3/b16-13+/t26-/m1/s1. The van der Waals surface area contributed by atoms with Gasteiger partial charge in [0.2, 0.25) is 0 Å². The maximum atomic E-state index is 12.7. The topological polar surface area (TPSA) is 54.7 Å². The molecule has 5 heteroatoms. The summed E-state index contributed by atoms with van der Waals surface area (Å²) in [4.78, 5) is 15.1. The van der Waals surface area contributed by atoms with E-state index >= 15 is 0 Å². The van der Waals surface area contributed by atoms with Crippen LogP contribution in [0.15, 0.2) is 60.8 Å². The summed E-state index contributed by atoms with van der Waals surface area (Å²) in [7, 11) is 0. The Kier molecular flexibility index (Phi) is 9.70. The molecule has 3 aromatic rings. The minimum Gasteiger partial charge on any atom is -0.494 e. The lowest BCUT2D eigenvalue weighted by atomic mass is 10.1. The molecule has 0 aliphatic rings. The van der Waals surface area contributed by atoms with Gasteiger partial charge in [-0.15, -0.1) is 0 Å². The molecule has 0 spiro atoms. The van der Waals surface area contributed by atoms with Gasteiger partial charge < -0.3 is 19.3 Å². The van der Waals surface area contributed by atoms with E-state index in [1.54, 1.807) is 18.2 Å². The van der Waals surface area contributed by atoms with Crippen LogP contribution in [0.1, 0.15) is 50.5 Å². The van der Waals surface area contributed by atoms with Gasteiger partial charge in [0.25, 0.3) is 0 Å². The molecule has 5 nitrogen and oxygen atoms in total. The Morgan fingerprint density at radius 2 is 1.66 bits per heavy atom. The van der Waals surface area contributed by atoms with Gasteiger partial charge >= 0.3 is 0 Å². The third kappa shape index (κ3) is 7.81. The second-order valence-electron chi connectivity index (χ2n) is 10.1. The molecule has 1 atom stereocenters. The summed E-state index contributed by atoms with van der Waals surface area (Å²) in [6.45, 7) is 14.5. The second kappa shape index (κ2) is 12.7. The molecular weight excluding hydrogens is 436 g/mol. The third-order valence-electron chi connectivity index (χ3n) is 5.81. The molecule has 0 unspecified atom stereocenters. The number of hydrogen-bond acceptors (Lipinski definition) is 4. The molecule has 0 fully saturated rings. The minimum absolute atomic E-state index is 0.0528. The van der Waals surface area contributed by atoms with Crippen LogP contribution < -0.4 is 4.74 Å². The van der Waals surface area contributed by atoms with Crippen LogP contribution in [0.5, 0.6) is 5.75 Å². The van der Waals surface area contributed by atoms with Crippen molar-refractivity contribution in [3.8, 4) is 5.75 Å². The fourth-order valence-corrected chi connectivity index (χ4v) is 4.54. The monoisotopic (exact) mass is 476 g/mol. The Morgan fingerprint density at radius 3 is 2.29 bits per heavy atom. The molecule has 0 saturated carbocycles. The molecule has 0 amide bonds. The summed E-state index contributed by atoms with van der Waals surface area (Å²) in [5.74, 6) is 1.81. The van der Waals surface area contributed by atoms with E-state index in [4.69, 9.17) is 4.74 Å². The molecule has 0 saturated heterocycles. The molecule has 0 aliphatic heterocycles. The number of carbonyl (C=O) groups is 1. The summed E-state index contributed by atoms with van der Waals surface area (Å²) >= 11 is 0. The Bertz CT molecular complexity index is 1100. The number of aliphatic hydroxyl groups is 1. The van der Waals surface area contributed by atoms with E-state index in [2.05, 4.69) is 49.3 Å². The van der Waals surface area contributed by atoms with Crippen molar-refractivity contribution in [2.24, 2.45) is 11.8 Å². The molecule has 1 heterocycles. The Balaban J connectivity index is 1.75. The van der Waals surface area contributed by atoms with E-state index < -0.39 is 6.10 Å². The highest BCUT2D eigenvalue weighted by atomic mass is 16.5. The number of carbonyl (C=O) groups excluding carboxylic acids is 1. The highest BCUT2D eigenvalue weighted by Gasteiger charge is 2.16. The molecule has 3 rings (SSSR count). The largest absolute Gasteiger partial charge is 0.494 e. The molecular formula is C30H40N2O3. The lowest BCUT2D eigenvalue weighted by molar-refractivity contribution is 0.0869. The van der Waals surface area contributed by atoms with Crippen LogP contribution in [-0.4, -0.2) is 52.7 Å². The average Bonchev–Trinajstić information content (AvgIpc) is 3.14. The van der Waals surface area contributed by atoms with E-state index in [0.717, 1.165) is 35.3 Å². The first-order valence-corrected chi connectivity index (χ1v) is 12.7. The molecule has 1 aromatic heterocycles. The maximum absolute atomic E-state index is 12.7. The molecule has 0 aliphatic carbocycles. The van der Waals surface area contributed by atoms with Gasteiger partial charge in [0.1, 0.15) is 5.75 Å². The van der Waals surface area contributed by atoms with Gasteiger partial charge in [-0.1, -0.05) is 45.9 Å². The first kappa shape index (κ1) is 26.7. The summed E-state index contributed by atoms with van der Waals surface area (Å²) in [5, 5.41) is 12.0. The molecule has 0 bridgehead atoms. The Hall–Kier alpha value is -2.89. The Morgan fingerprint density at radius 1 is 1.00 bits per heavy atom. The molecule has 35 heavy (non-hydrogen) atoms. The lowest BCUT2D eigenvalue weighted by Gasteiger charge is -2.28. The van der Waals surface area contributed by atoms with Crippen LogP contribution in [0.4, 0.5) is 0 Å². The number of aromatic nitrogens is 1. The number of benzene rings is 2. The number of allylic oxidation sites excluding steroid dienone is 1. The Labute approximate surface area is 210 Å². The van der Waals surface area contributed by atoms with Crippen molar-refractivity contribution in [2.45, 2.75) is 47.3 Å². The summed E-state index contributed by atoms with van der Waals surface area (Å²) in [5.41, 5.74) is 2.64. The van der Waals surface area contributed by atoms with Crippen LogP contribution >= 0.6 is 0 Å². The number of rotatable bonds is 13. The van der Waals surface area contributed by atoms with E-state index in [-0.39, 0.29) is 5.78 Å². The van der Waals surface area contributed by atoms with Crippen LogP contribution in [0, 0.1) is 11.8 Å². The molecule has 0 radical (unpaired) electrons. The van der Waals surface area contributed by atoms with Crippen molar-refractivity contribution in [1.29, 1.82) is 0 Å².